The van der Waals surface area contributed by atoms with Crippen LogP contribution < -0.4 is 0 Å². The maximum absolute atomic E-state index is 2.82. The van der Waals surface area contributed by atoms with Gasteiger partial charge < -0.3 is 0 Å². The number of fused-ring (bicyclic) bond motifs is 1. The van der Waals surface area contributed by atoms with Crippen LogP contribution in [0.2, 0.25) is 0 Å². The predicted molar refractivity (Wildman–Crippen MR) is 73.3 cm³/mol. The van der Waals surface area contributed by atoms with Crippen LogP contribution in [-0.4, -0.2) is 3.42 Å². The topological polar surface area (TPSA) is 0 Å². The summed E-state index contributed by atoms with van der Waals surface area (Å²) in [6.07, 6.45) is 9.14. The molecule has 4 aliphatic rings. The lowest BCUT2D eigenvalue weighted by Gasteiger charge is -2.41. The van der Waals surface area contributed by atoms with Crippen LogP contribution >= 0.6 is 22.6 Å². The van der Waals surface area contributed by atoms with Gasteiger partial charge in [0.25, 0.3) is 0 Å². The van der Waals surface area contributed by atoms with Crippen molar-refractivity contribution in [2.24, 2.45) is 22.7 Å². The van der Waals surface area contributed by atoms with Crippen molar-refractivity contribution >= 4 is 22.6 Å². The van der Waals surface area contributed by atoms with Crippen LogP contribution in [-0.2, 0) is 0 Å². The van der Waals surface area contributed by atoms with E-state index in [0.29, 0.717) is 14.3 Å². The van der Waals surface area contributed by atoms with Gasteiger partial charge in [0, 0.05) is 3.42 Å². The highest BCUT2D eigenvalue weighted by Crippen LogP contribution is 2.75. The molecule has 4 bridgehead atoms. The molecule has 0 aromatic rings. The highest BCUT2D eigenvalue weighted by Gasteiger charge is 2.66. The van der Waals surface area contributed by atoms with E-state index in [9.17, 15) is 0 Å². The Morgan fingerprint density at radius 1 is 1.20 bits per heavy atom. The molecule has 4 aliphatic carbocycles. The van der Waals surface area contributed by atoms with Crippen LogP contribution in [0.1, 0.15) is 59.3 Å². The van der Waals surface area contributed by atoms with Gasteiger partial charge in [-0.1, -0.05) is 43.4 Å². The number of hydrogen-bond acceptors (Lipinski definition) is 0. The van der Waals surface area contributed by atoms with Crippen LogP contribution in [0.4, 0.5) is 0 Å². The average molecular weight is 318 g/mol. The van der Waals surface area contributed by atoms with Gasteiger partial charge in [-0.25, -0.2) is 0 Å². The normalized spacial score (nSPS) is 57.8. The molecule has 0 nitrogen and oxygen atoms in total. The van der Waals surface area contributed by atoms with E-state index in [0.717, 1.165) is 11.8 Å². The summed E-state index contributed by atoms with van der Waals surface area (Å²) in [5.41, 5.74) is 1.39. The third-order valence-electron chi connectivity index (χ3n) is 6.04. The maximum Gasteiger partial charge on any atom is 0.0233 e. The Hall–Kier alpha value is 0.730. The van der Waals surface area contributed by atoms with E-state index < -0.39 is 0 Å². The second-order valence-corrected chi connectivity index (χ2v) is 9.48. The summed E-state index contributed by atoms with van der Waals surface area (Å²) in [5, 5.41) is 0. The van der Waals surface area contributed by atoms with Gasteiger partial charge in [0.2, 0.25) is 0 Å². The lowest BCUT2D eigenvalue weighted by atomic mass is 9.63. The number of rotatable bonds is 1. The Labute approximate surface area is 108 Å². The lowest BCUT2D eigenvalue weighted by Crippen LogP contribution is -2.34. The Balaban J connectivity index is 2.10. The van der Waals surface area contributed by atoms with E-state index in [2.05, 4.69) is 43.4 Å². The first-order valence-electron chi connectivity index (χ1n) is 6.58. The van der Waals surface area contributed by atoms with Gasteiger partial charge in [-0.3, -0.25) is 0 Å². The van der Waals surface area contributed by atoms with E-state index in [1.54, 1.807) is 6.42 Å². The zero-order valence-electron chi connectivity index (χ0n) is 10.3. The standard InChI is InChI=1S/C14H23I/c1-10(2)14-7-11-4-5-13(15,9-14)8-12(14,3)6-11/h10-11H,4-9H2,1-3H3. The van der Waals surface area contributed by atoms with Crippen LogP contribution in [0.3, 0.4) is 0 Å². The van der Waals surface area contributed by atoms with E-state index >= 15 is 0 Å². The van der Waals surface area contributed by atoms with Crippen LogP contribution in [0.15, 0.2) is 0 Å². The van der Waals surface area contributed by atoms with Crippen molar-refractivity contribution in [3.8, 4) is 0 Å². The fourth-order valence-electron chi connectivity index (χ4n) is 5.52. The van der Waals surface area contributed by atoms with Crippen molar-refractivity contribution in [2.45, 2.75) is 62.7 Å². The molecule has 0 radical (unpaired) electrons. The van der Waals surface area contributed by atoms with Gasteiger partial charge in [-0.15, -0.1) is 0 Å². The SMILES string of the molecule is CC(C)C12CC3CCC(I)(CC1(C)C3)C2. The summed E-state index contributed by atoms with van der Waals surface area (Å²) >= 11 is 2.82. The second-order valence-electron chi connectivity index (χ2n) is 7.19. The number of hydrogen-bond donors (Lipinski definition) is 0. The quantitative estimate of drug-likeness (QED) is 0.481. The Morgan fingerprint density at radius 3 is 2.53 bits per heavy atom. The molecule has 0 spiro atoms. The fraction of sp³-hybridized carbons (Fsp3) is 1.00. The first-order chi connectivity index (χ1) is 6.89. The monoisotopic (exact) mass is 318 g/mol. The molecule has 0 aromatic heterocycles. The zero-order valence-corrected chi connectivity index (χ0v) is 12.4. The third kappa shape index (κ3) is 1.25. The smallest absolute Gasteiger partial charge is 0.0233 e. The molecule has 0 aliphatic heterocycles. The summed E-state index contributed by atoms with van der Waals surface area (Å²) in [7, 11) is 0. The first-order valence-corrected chi connectivity index (χ1v) is 7.66. The molecule has 0 saturated heterocycles. The van der Waals surface area contributed by atoms with Gasteiger partial charge >= 0.3 is 0 Å². The predicted octanol–water partition coefficient (Wildman–Crippen LogP) is 4.81. The molecule has 1 heteroatoms. The van der Waals surface area contributed by atoms with Crippen LogP contribution in [0, 0.1) is 22.7 Å². The summed E-state index contributed by atoms with van der Waals surface area (Å²) in [5.74, 6) is 1.96. The minimum absolute atomic E-state index is 0.669. The van der Waals surface area contributed by atoms with Crippen molar-refractivity contribution < 1.29 is 0 Å². The molecule has 0 amide bonds. The Kier molecular flexibility index (Phi) is 2.13. The molecule has 4 atom stereocenters. The molecular formula is C14H23I. The van der Waals surface area contributed by atoms with Gasteiger partial charge in [-0.05, 0) is 61.2 Å². The molecule has 0 N–H and O–H groups in total. The Bertz CT molecular complexity index is 298. The van der Waals surface area contributed by atoms with Gasteiger partial charge in [0.05, 0.1) is 0 Å². The molecule has 4 fully saturated rings. The third-order valence-corrected chi connectivity index (χ3v) is 7.34. The van der Waals surface area contributed by atoms with Crippen molar-refractivity contribution in [1.82, 2.24) is 0 Å². The van der Waals surface area contributed by atoms with Crippen molar-refractivity contribution in [3.05, 3.63) is 0 Å². The summed E-state index contributed by atoms with van der Waals surface area (Å²) in [6.45, 7) is 7.57. The summed E-state index contributed by atoms with van der Waals surface area (Å²) in [6, 6.07) is 0. The zero-order chi connectivity index (χ0) is 10.9. The fourth-order valence-corrected chi connectivity index (χ4v) is 7.35. The summed E-state index contributed by atoms with van der Waals surface area (Å²) in [4.78, 5) is 0. The minimum Gasteiger partial charge on any atom is -0.0788 e. The summed E-state index contributed by atoms with van der Waals surface area (Å²) < 4.78 is 0.669. The molecule has 4 unspecified atom stereocenters. The Morgan fingerprint density at radius 2 is 1.93 bits per heavy atom. The number of halogens is 1. The first kappa shape index (κ1) is 10.9. The molecule has 4 rings (SSSR count). The largest absolute Gasteiger partial charge is 0.0788 e. The maximum atomic E-state index is 2.82. The van der Waals surface area contributed by atoms with Crippen LogP contribution in [0.5, 0.6) is 0 Å². The average Bonchev–Trinajstić information content (AvgIpc) is 2.31. The van der Waals surface area contributed by atoms with Gasteiger partial charge in [0.1, 0.15) is 0 Å². The molecule has 4 saturated carbocycles. The van der Waals surface area contributed by atoms with Crippen molar-refractivity contribution in [2.75, 3.05) is 0 Å². The minimum atomic E-state index is 0.669. The van der Waals surface area contributed by atoms with Gasteiger partial charge in [-0.2, -0.15) is 0 Å². The van der Waals surface area contributed by atoms with E-state index in [1.165, 1.54) is 32.1 Å². The van der Waals surface area contributed by atoms with E-state index in [1.807, 2.05) is 0 Å². The molecule has 86 valence electrons. The van der Waals surface area contributed by atoms with Crippen molar-refractivity contribution in [3.63, 3.8) is 0 Å². The highest BCUT2D eigenvalue weighted by atomic mass is 127. The molecular weight excluding hydrogens is 295 g/mol. The molecule has 0 aromatic carbocycles. The lowest BCUT2D eigenvalue weighted by molar-refractivity contribution is 0.0723. The van der Waals surface area contributed by atoms with Crippen molar-refractivity contribution in [1.29, 1.82) is 0 Å². The van der Waals surface area contributed by atoms with Gasteiger partial charge in [0.15, 0.2) is 0 Å². The number of alkyl halides is 1. The molecule has 15 heavy (non-hydrogen) atoms. The van der Waals surface area contributed by atoms with E-state index in [4.69, 9.17) is 0 Å². The van der Waals surface area contributed by atoms with E-state index in [-0.39, 0.29) is 0 Å². The molecule has 0 heterocycles. The second kappa shape index (κ2) is 2.94. The highest BCUT2D eigenvalue weighted by molar-refractivity contribution is 14.1. The van der Waals surface area contributed by atoms with Crippen LogP contribution in [0.25, 0.3) is 0 Å².